The van der Waals surface area contributed by atoms with Gasteiger partial charge in [0.1, 0.15) is 5.76 Å². The molecule has 2 aromatic rings. The number of rotatable bonds is 3. The van der Waals surface area contributed by atoms with Crippen LogP contribution in [-0.4, -0.2) is 7.11 Å². The molecule has 0 aromatic heterocycles. The van der Waals surface area contributed by atoms with Crippen molar-refractivity contribution >= 4 is 0 Å². The largest absolute Gasteiger partial charge is 0.497 e. The van der Waals surface area contributed by atoms with Crippen LogP contribution in [0.15, 0.2) is 78.6 Å². The monoisotopic (exact) mass is 276 g/mol. The minimum atomic E-state index is 0.314. The van der Waals surface area contributed by atoms with Gasteiger partial charge in [-0.25, -0.2) is 0 Å². The molecule has 0 bridgehead atoms. The van der Waals surface area contributed by atoms with Gasteiger partial charge in [-0.15, -0.1) is 0 Å². The average molecular weight is 276 g/mol. The van der Waals surface area contributed by atoms with Crippen molar-refractivity contribution in [2.24, 2.45) is 0 Å². The molecule has 1 unspecified atom stereocenters. The Hall–Kier alpha value is -2.28. The summed E-state index contributed by atoms with van der Waals surface area (Å²) in [5.41, 5.74) is 3.96. The van der Waals surface area contributed by atoms with Crippen molar-refractivity contribution in [3.63, 3.8) is 0 Å². The topological polar surface area (TPSA) is 9.23 Å². The third-order valence-corrected chi connectivity index (χ3v) is 4.08. The van der Waals surface area contributed by atoms with Crippen LogP contribution in [0.5, 0.6) is 0 Å². The van der Waals surface area contributed by atoms with Crippen LogP contribution in [0.25, 0.3) is 0 Å². The molecule has 2 aromatic carbocycles. The summed E-state index contributed by atoms with van der Waals surface area (Å²) in [6.45, 7) is 2.12. The Morgan fingerprint density at radius 2 is 1.48 bits per heavy atom. The molecule has 3 rings (SSSR count). The Kier molecular flexibility index (Phi) is 3.92. The van der Waals surface area contributed by atoms with Crippen LogP contribution in [0, 0.1) is 6.92 Å². The van der Waals surface area contributed by atoms with Crippen LogP contribution < -0.4 is 0 Å². The lowest BCUT2D eigenvalue weighted by atomic mass is 9.78. The van der Waals surface area contributed by atoms with Gasteiger partial charge in [0.2, 0.25) is 0 Å². The molecule has 0 saturated carbocycles. The highest BCUT2D eigenvalue weighted by Gasteiger charge is 2.24. The van der Waals surface area contributed by atoms with Crippen LogP contribution in [0.1, 0.15) is 28.5 Å². The van der Waals surface area contributed by atoms with E-state index in [0.717, 1.165) is 5.76 Å². The summed E-state index contributed by atoms with van der Waals surface area (Å²) < 4.78 is 5.42. The fourth-order valence-corrected chi connectivity index (χ4v) is 2.88. The van der Waals surface area contributed by atoms with Crippen LogP contribution in [0.2, 0.25) is 0 Å². The Morgan fingerprint density at radius 3 is 2.14 bits per heavy atom. The molecule has 0 N–H and O–H groups in total. The maximum absolute atomic E-state index is 5.42. The van der Waals surface area contributed by atoms with Gasteiger partial charge in [0.05, 0.1) is 7.11 Å². The summed E-state index contributed by atoms with van der Waals surface area (Å²) in [6, 6.07) is 19.5. The van der Waals surface area contributed by atoms with E-state index >= 15 is 0 Å². The Labute approximate surface area is 126 Å². The first kappa shape index (κ1) is 13.7. The van der Waals surface area contributed by atoms with Crippen molar-refractivity contribution < 1.29 is 4.74 Å². The number of allylic oxidation sites excluding steroid dienone is 3. The SMILES string of the molecule is COC1=C[C@@H](c2ccccc2)C(c2ccc(C)cc2)C=C1. The minimum Gasteiger partial charge on any atom is -0.497 e. The van der Waals surface area contributed by atoms with Crippen molar-refractivity contribution in [2.75, 3.05) is 7.11 Å². The van der Waals surface area contributed by atoms with E-state index in [-0.39, 0.29) is 0 Å². The number of hydrogen-bond acceptors (Lipinski definition) is 1. The molecule has 0 radical (unpaired) electrons. The molecule has 21 heavy (non-hydrogen) atoms. The van der Waals surface area contributed by atoms with Crippen LogP contribution in [0.4, 0.5) is 0 Å². The van der Waals surface area contributed by atoms with Crippen LogP contribution >= 0.6 is 0 Å². The van der Waals surface area contributed by atoms with Gasteiger partial charge in [0, 0.05) is 11.8 Å². The van der Waals surface area contributed by atoms with Crippen LogP contribution in [0.3, 0.4) is 0 Å². The van der Waals surface area contributed by atoms with Crippen molar-refractivity contribution in [3.05, 3.63) is 95.3 Å². The predicted octanol–water partition coefficient (Wildman–Crippen LogP) is 4.96. The zero-order valence-corrected chi connectivity index (χ0v) is 12.5. The molecule has 1 heteroatoms. The number of aryl methyl sites for hydroxylation is 1. The van der Waals surface area contributed by atoms with Crippen molar-refractivity contribution in [3.8, 4) is 0 Å². The maximum Gasteiger partial charge on any atom is 0.115 e. The smallest absolute Gasteiger partial charge is 0.115 e. The first-order valence-electron chi connectivity index (χ1n) is 7.33. The van der Waals surface area contributed by atoms with E-state index in [1.54, 1.807) is 7.11 Å². The summed E-state index contributed by atoms with van der Waals surface area (Å²) in [6.07, 6.45) is 6.55. The Balaban J connectivity index is 2.00. The van der Waals surface area contributed by atoms with E-state index in [2.05, 4.69) is 79.7 Å². The lowest BCUT2D eigenvalue weighted by Crippen LogP contribution is -2.11. The summed E-state index contributed by atoms with van der Waals surface area (Å²) in [5, 5.41) is 0. The van der Waals surface area contributed by atoms with E-state index in [4.69, 9.17) is 4.74 Å². The second-order valence-corrected chi connectivity index (χ2v) is 5.51. The van der Waals surface area contributed by atoms with E-state index in [1.165, 1.54) is 16.7 Å². The molecule has 106 valence electrons. The molecule has 1 aliphatic rings. The van der Waals surface area contributed by atoms with Crippen LogP contribution in [-0.2, 0) is 4.74 Å². The third-order valence-electron chi connectivity index (χ3n) is 4.08. The molecule has 0 heterocycles. The summed E-state index contributed by atoms with van der Waals surface area (Å²) in [4.78, 5) is 0. The first-order chi connectivity index (χ1) is 10.3. The fourth-order valence-electron chi connectivity index (χ4n) is 2.88. The molecule has 1 nitrogen and oxygen atoms in total. The highest BCUT2D eigenvalue weighted by molar-refractivity contribution is 5.41. The average Bonchev–Trinajstić information content (AvgIpc) is 2.56. The zero-order chi connectivity index (χ0) is 14.7. The van der Waals surface area contributed by atoms with E-state index in [9.17, 15) is 0 Å². The highest BCUT2D eigenvalue weighted by atomic mass is 16.5. The van der Waals surface area contributed by atoms with Gasteiger partial charge in [0.15, 0.2) is 0 Å². The molecule has 0 aliphatic heterocycles. The quantitative estimate of drug-likeness (QED) is 0.769. The molecular formula is C20H20O. The van der Waals surface area contributed by atoms with Gasteiger partial charge in [-0.05, 0) is 30.2 Å². The fraction of sp³-hybridized carbons (Fsp3) is 0.200. The standard InChI is InChI=1S/C20H20O/c1-15-8-10-17(11-9-15)19-13-12-18(21-2)14-20(19)16-6-4-3-5-7-16/h3-14,19-20H,1-2H3/t19?,20-/m0/s1. The summed E-state index contributed by atoms with van der Waals surface area (Å²) in [5.74, 6) is 1.60. The van der Waals surface area contributed by atoms with Gasteiger partial charge in [-0.1, -0.05) is 66.2 Å². The normalized spacial score (nSPS) is 21.0. The molecule has 1 aliphatic carbocycles. The van der Waals surface area contributed by atoms with Gasteiger partial charge < -0.3 is 4.74 Å². The Morgan fingerprint density at radius 1 is 0.810 bits per heavy atom. The molecular weight excluding hydrogens is 256 g/mol. The number of ether oxygens (including phenoxy) is 1. The van der Waals surface area contributed by atoms with Gasteiger partial charge >= 0.3 is 0 Å². The van der Waals surface area contributed by atoms with E-state index < -0.39 is 0 Å². The summed E-state index contributed by atoms with van der Waals surface area (Å²) in [7, 11) is 1.73. The zero-order valence-electron chi connectivity index (χ0n) is 12.5. The van der Waals surface area contributed by atoms with Crippen molar-refractivity contribution in [1.29, 1.82) is 0 Å². The molecule has 0 amide bonds. The molecule has 0 fully saturated rings. The van der Waals surface area contributed by atoms with E-state index in [1.807, 2.05) is 0 Å². The van der Waals surface area contributed by atoms with Gasteiger partial charge in [0.25, 0.3) is 0 Å². The lowest BCUT2D eigenvalue weighted by Gasteiger charge is -2.26. The first-order valence-corrected chi connectivity index (χ1v) is 7.33. The van der Waals surface area contributed by atoms with Gasteiger partial charge in [-0.3, -0.25) is 0 Å². The molecule has 0 spiro atoms. The number of methoxy groups -OCH3 is 1. The van der Waals surface area contributed by atoms with Crippen molar-refractivity contribution in [1.82, 2.24) is 0 Å². The van der Waals surface area contributed by atoms with E-state index in [0.29, 0.717) is 11.8 Å². The van der Waals surface area contributed by atoms with Gasteiger partial charge in [-0.2, -0.15) is 0 Å². The molecule has 2 atom stereocenters. The number of hydrogen-bond donors (Lipinski definition) is 0. The van der Waals surface area contributed by atoms with Crippen molar-refractivity contribution in [2.45, 2.75) is 18.8 Å². The summed E-state index contributed by atoms with van der Waals surface area (Å²) >= 11 is 0. The lowest BCUT2D eigenvalue weighted by molar-refractivity contribution is 0.301. The minimum absolute atomic E-state index is 0.314. The second-order valence-electron chi connectivity index (χ2n) is 5.51. The second kappa shape index (κ2) is 6.01. The maximum atomic E-state index is 5.42. The predicted molar refractivity (Wildman–Crippen MR) is 87.3 cm³/mol. The highest BCUT2D eigenvalue weighted by Crippen LogP contribution is 2.39. The number of benzene rings is 2. The molecule has 0 saturated heterocycles. The third kappa shape index (κ3) is 2.92. The Bertz CT molecular complexity index is 650.